The van der Waals surface area contributed by atoms with Crippen LogP contribution in [0.15, 0.2) is 16.6 Å². The molecule has 10 heteroatoms. The molecule has 1 aliphatic rings. The average Bonchev–Trinajstić information content (AvgIpc) is 2.75. The Bertz CT molecular complexity index is 606. The lowest BCUT2D eigenvalue weighted by atomic mass is 10.1. The van der Waals surface area contributed by atoms with E-state index in [-0.39, 0.29) is 23.3 Å². The first-order valence-corrected chi connectivity index (χ1v) is 6.56. The van der Waals surface area contributed by atoms with E-state index in [1.165, 1.54) is 0 Å². The number of rotatable bonds is 3. The number of hydrogen-bond donors (Lipinski definition) is 2. The van der Waals surface area contributed by atoms with Crippen LogP contribution in [0.1, 0.15) is 12.0 Å². The summed E-state index contributed by atoms with van der Waals surface area (Å²) in [5.41, 5.74) is -2.48. The zero-order valence-corrected chi connectivity index (χ0v) is 11.9. The minimum atomic E-state index is -4.76. The smallest absolute Gasteiger partial charge is 0.374 e. The quantitative estimate of drug-likeness (QED) is 0.635. The number of nitrogens with zero attached hydrogens (tertiary/aromatic N) is 1. The highest BCUT2D eigenvalue weighted by molar-refractivity contribution is 9.10. The van der Waals surface area contributed by atoms with E-state index in [2.05, 4.69) is 26.6 Å². The second kappa shape index (κ2) is 5.51. The van der Waals surface area contributed by atoms with E-state index in [4.69, 9.17) is 0 Å². The van der Waals surface area contributed by atoms with Crippen molar-refractivity contribution in [3.63, 3.8) is 0 Å². The molecule has 1 unspecified atom stereocenters. The zero-order chi connectivity index (χ0) is 15.8. The second-order valence-electron chi connectivity index (χ2n) is 4.45. The zero-order valence-electron chi connectivity index (χ0n) is 10.3. The van der Waals surface area contributed by atoms with Gasteiger partial charge in [0.1, 0.15) is 5.69 Å². The lowest BCUT2D eigenvalue weighted by Gasteiger charge is -2.18. The second-order valence-corrected chi connectivity index (χ2v) is 5.37. The van der Waals surface area contributed by atoms with Crippen LogP contribution in [0.25, 0.3) is 0 Å². The summed E-state index contributed by atoms with van der Waals surface area (Å²) >= 11 is 2.83. The van der Waals surface area contributed by atoms with Gasteiger partial charge in [0.25, 0.3) is 5.69 Å². The average molecular weight is 368 g/mol. The summed E-state index contributed by atoms with van der Waals surface area (Å²) in [6.45, 7) is 0.114. The van der Waals surface area contributed by atoms with Gasteiger partial charge in [-0.15, -0.1) is 0 Å². The number of alkyl halides is 3. The Morgan fingerprint density at radius 3 is 2.57 bits per heavy atom. The van der Waals surface area contributed by atoms with E-state index in [9.17, 15) is 28.1 Å². The number of nitro benzene ring substituents is 1. The Hall–Kier alpha value is -1.84. The molecule has 1 aliphatic heterocycles. The van der Waals surface area contributed by atoms with Crippen molar-refractivity contribution in [2.24, 2.45) is 0 Å². The van der Waals surface area contributed by atoms with Crippen LogP contribution in [-0.2, 0) is 11.0 Å². The molecule has 0 saturated carbocycles. The maximum atomic E-state index is 13.1. The summed E-state index contributed by atoms with van der Waals surface area (Å²) in [5, 5.41) is 15.9. The molecule has 0 spiro atoms. The molecule has 0 bridgehead atoms. The molecule has 1 atom stereocenters. The van der Waals surface area contributed by atoms with Crippen molar-refractivity contribution in [2.75, 3.05) is 11.9 Å². The maximum Gasteiger partial charge on any atom is 0.418 e. The molecule has 21 heavy (non-hydrogen) atoms. The van der Waals surface area contributed by atoms with Crippen molar-refractivity contribution in [3.8, 4) is 0 Å². The van der Waals surface area contributed by atoms with E-state index >= 15 is 0 Å². The predicted molar refractivity (Wildman–Crippen MR) is 70.8 cm³/mol. The van der Waals surface area contributed by atoms with Crippen LogP contribution in [0.2, 0.25) is 0 Å². The third-order valence-corrected chi connectivity index (χ3v) is 3.37. The molecule has 114 valence electrons. The number of benzene rings is 1. The normalized spacial score (nSPS) is 18.5. The minimum absolute atomic E-state index is 0.0372. The molecule has 2 N–H and O–H groups in total. The van der Waals surface area contributed by atoms with Crippen LogP contribution < -0.4 is 10.6 Å². The Balaban J connectivity index is 2.49. The van der Waals surface area contributed by atoms with Gasteiger partial charge in [-0.1, -0.05) is 15.9 Å². The third-order valence-electron chi connectivity index (χ3n) is 2.91. The first kappa shape index (κ1) is 15.5. The fraction of sp³-hybridized carbons (Fsp3) is 0.364. The maximum absolute atomic E-state index is 13.1. The molecule has 1 saturated heterocycles. The topological polar surface area (TPSA) is 84.3 Å². The predicted octanol–water partition coefficient (Wildman–Crippen LogP) is 2.68. The number of carbonyl (C=O) groups is 1. The molecule has 0 radical (unpaired) electrons. The Labute approximate surface area is 125 Å². The van der Waals surface area contributed by atoms with E-state index in [0.717, 1.165) is 12.1 Å². The van der Waals surface area contributed by atoms with Crippen molar-refractivity contribution in [1.29, 1.82) is 0 Å². The number of anilines is 1. The lowest BCUT2D eigenvalue weighted by Crippen LogP contribution is -2.25. The van der Waals surface area contributed by atoms with Crippen LogP contribution in [0.4, 0.5) is 24.5 Å². The molecule has 6 nitrogen and oxygen atoms in total. The van der Waals surface area contributed by atoms with E-state index in [1.807, 2.05) is 0 Å². The van der Waals surface area contributed by atoms with Gasteiger partial charge in [-0.25, -0.2) is 0 Å². The Kier molecular flexibility index (Phi) is 4.08. The minimum Gasteiger partial charge on any atom is -0.374 e. The highest BCUT2D eigenvalue weighted by Gasteiger charge is 2.38. The first-order valence-electron chi connectivity index (χ1n) is 5.77. The van der Waals surface area contributed by atoms with Crippen LogP contribution in [0.3, 0.4) is 0 Å². The number of nitro groups is 1. The number of halogens is 4. The fourth-order valence-electron chi connectivity index (χ4n) is 2.02. The van der Waals surface area contributed by atoms with Crippen molar-refractivity contribution in [3.05, 3.63) is 32.3 Å². The van der Waals surface area contributed by atoms with Gasteiger partial charge in [0.2, 0.25) is 5.91 Å². The number of hydrogen-bond acceptors (Lipinski definition) is 4. The van der Waals surface area contributed by atoms with Gasteiger partial charge in [-0.3, -0.25) is 14.9 Å². The van der Waals surface area contributed by atoms with Crippen molar-refractivity contribution < 1.29 is 22.9 Å². The molecule has 0 aromatic heterocycles. The summed E-state index contributed by atoms with van der Waals surface area (Å²) in [4.78, 5) is 21.2. The molecule has 2 rings (SSSR count). The van der Waals surface area contributed by atoms with Gasteiger partial charge in [0.05, 0.1) is 16.5 Å². The van der Waals surface area contributed by atoms with Gasteiger partial charge in [-0.2, -0.15) is 13.2 Å². The third kappa shape index (κ3) is 3.43. The van der Waals surface area contributed by atoms with E-state index in [0.29, 0.717) is 0 Å². The van der Waals surface area contributed by atoms with Crippen LogP contribution >= 0.6 is 15.9 Å². The van der Waals surface area contributed by atoms with Crippen LogP contribution in [0, 0.1) is 10.1 Å². The lowest BCUT2D eigenvalue weighted by molar-refractivity contribution is -0.384. The van der Waals surface area contributed by atoms with Gasteiger partial charge < -0.3 is 10.6 Å². The van der Waals surface area contributed by atoms with Gasteiger partial charge >= 0.3 is 6.18 Å². The van der Waals surface area contributed by atoms with Crippen LogP contribution in [-0.4, -0.2) is 23.4 Å². The van der Waals surface area contributed by atoms with Gasteiger partial charge in [0, 0.05) is 23.5 Å². The van der Waals surface area contributed by atoms with E-state index < -0.39 is 34.1 Å². The number of carbonyl (C=O) groups excluding carboxylic acids is 1. The van der Waals surface area contributed by atoms with E-state index in [1.54, 1.807) is 0 Å². The van der Waals surface area contributed by atoms with Crippen molar-refractivity contribution in [1.82, 2.24) is 5.32 Å². The largest absolute Gasteiger partial charge is 0.418 e. The Morgan fingerprint density at radius 2 is 2.10 bits per heavy atom. The standard InChI is InChI=1S/C11H9BrF3N3O3/c12-5-1-7(11(13,14)15)10(8(2-5)18(20)21)17-6-3-9(19)16-4-6/h1-2,6,17H,3-4H2,(H,16,19). The molecule has 1 heterocycles. The molecule has 0 aliphatic carbocycles. The monoisotopic (exact) mass is 367 g/mol. The first-order chi connectivity index (χ1) is 9.68. The van der Waals surface area contributed by atoms with Gasteiger partial charge in [-0.05, 0) is 6.07 Å². The molecular formula is C11H9BrF3N3O3. The van der Waals surface area contributed by atoms with Crippen molar-refractivity contribution >= 4 is 33.2 Å². The highest BCUT2D eigenvalue weighted by atomic mass is 79.9. The molecular weight excluding hydrogens is 359 g/mol. The Morgan fingerprint density at radius 1 is 1.43 bits per heavy atom. The molecule has 1 aromatic carbocycles. The number of amides is 1. The fourth-order valence-corrected chi connectivity index (χ4v) is 2.47. The highest BCUT2D eigenvalue weighted by Crippen LogP contribution is 2.42. The summed E-state index contributed by atoms with van der Waals surface area (Å²) in [6, 6.07) is 1.12. The summed E-state index contributed by atoms with van der Waals surface area (Å²) in [5.74, 6) is -0.319. The summed E-state index contributed by atoms with van der Waals surface area (Å²) < 4.78 is 39.1. The molecule has 1 fully saturated rings. The van der Waals surface area contributed by atoms with Crippen LogP contribution in [0.5, 0.6) is 0 Å². The summed E-state index contributed by atoms with van der Waals surface area (Å²) in [6.07, 6.45) is -4.79. The van der Waals surface area contributed by atoms with Crippen molar-refractivity contribution in [2.45, 2.75) is 18.6 Å². The van der Waals surface area contributed by atoms with Gasteiger partial charge in [0.15, 0.2) is 0 Å². The molecule has 1 aromatic rings. The summed E-state index contributed by atoms with van der Waals surface area (Å²) in [7, 11) is 0. The molecule has 1 amide bonds. The SMILES string of the molecule is O=C1CC(Nc2c([N+](=O)[O-])cc(Br)cc2C(F)(F)F)CN1. The number of nitrogens with one attached hydrogen (secondary N) is 2.